The third-order valence-electron chi connectivity index (χ3n) is 3.37. The molecule has 1 atom stereocenters. The molecule has 1 unspecified atom stereocenters. The monoisotopic (exact) mass is 239 g/mol. The largest absolute Gasteiger partial charge is 0.478 e. The van der Waals surface area contributed by atoms with Gasteiger partial charge in [-0.25, -0.2) is 4.79 Å². The van der Waals surface area contributed by atoms with Gasteiger partial charge in [0.2, 0.25) is 5.91 Å². The molecule has 2 N–H and O–H groups in total. The number of aliphatic carboxylic acids is 1. The van der Waals surface area contributed by atoms with Gasteiger partial charge < -0.3 is 10.4 Å². The van der Waals surface area contributed by atoms with E-state index in [0.717, 1.165) is 18.8 Å². The van der Waals surface area contributed by atoms with E-state index in [-0.39, 0.29) is 17.5 Å². The van der Waals surface area contributed by atoms with Crippen LogP contribution in [-0.4, -0.2) is 23.0 Å². The lowest BCUT2D eigenvalue weighted by molar-refractivity contribution is -0.133. The van der Waals surface area contributed by atoms with Gasteiger partial charge in [-0.1, -0.05) is 19.8 Å². The Morgan fingerprint density at radius 3 is 2.29 bits per heavy atom. The Labute approximate surface area is 102 Å². The maximum absolute atomic E-state index is 11.8. The Kier molecular flexibility index (Phi) is 4.73. The van der Waals surface area contributed by atoms with Crippen molar-refractivity contribution in [2.45, 2.75) is 52.5 Å². The molecule has 0 radical (unpaired) electrons. The SMILES string of the molecule is CCC(CC1CC1)NC(=O)C(C)=C(C)C(=O)O. The van der Waals surface area contributed by atoms with Gasteiger partial charge in [-0.2, -0.15) is 0 Å². The van der Waals surface area contributed by atoms with Crippen LogP contribution in [0.4, 0.5) is 0 Å². The second-order valence-corrected chi connectivity index (χ2v) is 4.81. The molecule has 0 aromatic heterocycles. The number of hydrogen-bond acceptors (Lipinski definition) is 2. The molecule has 4 heteroatoms. The zero-order chi connectivity index (χ0) is 13.0. The number of hydrogen-bond donors (Lipinski definition) is 2. The molecule has 0 aliphatic heterocycles. The summed E-state index contributed by atoms with van der Waals surface area (Å²) in [7, 11) is 0. The molecule has 0 aromatic carbocycles. The van der Waals surface area contributed by atoms with E-state index in [1.54, 1.807) is 6.92 Å². The second-order valence-electron chi connectivity index (χ2n) is 4.81. The summed E-state index contributed by atoms with van der Waals surface area (Å²) in [5.74, 6) is -0.532. The maximum Gasteiger partial charge on any atom is 0.331 e. The fourth-order valence-electron chi connectivity index (χ4n) is 1.71. The molecule has 17 heavy (non-hydrogen) atoms. The maximum atomic E-state index is 11.8. The first-order valence-electron chi connectivity index (χ1n) is 6.17. The van der Waals surface area contributed by atoms with E-state index in [1.807, 2.05) is 6.92 Å². The summed E-state index contributed by atoms with van der Waals surface area (Å²) in [6.07, 6.45) is 4.42. The Hall–Kier alpha value is -1.32. The van der Waals surface area contributed by atoms with E-state index in [1.165, 1.54) is 19.8 Å². The lowest BCUT2D eigenvalue weighted by Crippen LogP contribution is -2.35. The normalized spacial score (nSPS) is 18.3. The van der Waals surface area contributed by atoms with Crippen LogP contribution >= 0.6 is 0 Å². The number of carbonyl (C=O) groups excluding carboxylic acids is 1. The first-order valence-corrected chi connectivity index (χ1v) is 6.17. The molecule has 1 aliphatic carbocycles. The Bertz CT molecular complexity index is 343. The Morgan fingerprint density at radius 2 is 1.88 bits per heavy atom. The van der Waals surface area contributed by atoms with Crippen LogP contribution in [0.25, 0.3) is 0 Å². The van der Waals surface area contributed by atoms with Crippen LogP contribution in [0.1, 0.15) is 46.5 Å². The van der Waals surface area contributed by atoms with Gasteiger partial charge in [0, 0.05) is 17.2 Å². The minimum atomic E-state index is -1.03. The smallest absolute Gasteiger partial charge is 0.331 e. The van der Waals surface area contributed by atoms with Crippen LogP contribution < -0.4 is 5.32 Å². The fraction of sp³-hybridized carbons (Fsp3) is 0.692. The molecule has 1 amide bonds. The Balaban J connectivity index is 2.56. The highest BCUT2D eigenvalue weighted by Crippen LogP contribution is 2.34. The standard InChI is InChI=1S/C13H21NO3/c1-4-11(7-10-5-6-10)14-12(15)8(2)9(3)13(16)17/h10-11H,4-7H2,1-3H3,(H,14,15)(H,16,17). The molecule has 0 bridgehead atoms. The number of amides is 1. The van der Waals surface area contributed by atoms with Crippen molar-refractivity contribution in [3.63, 3.8) is 0 Å². The van der Waals surface area contributed by atoms with Crippen molar-refractivity contribution < 1.29 is 14.7 Å². The van der Waals surface area contributed by atoms with Crippen molar-refractivity contribution in [1.82, 2.24) is 5.32 Å². The van der Waals surface area contributed by atoms with Crippen molar-refractivity contribution in [1.29, 1.82) is 0 Å². The quantitative estimate of drug-likeness (QED) is 0.697. The topological polar surface area (TPSA) is 66.4 Å². The summed E-state index contributed by atoms with van der Waals surface area (Å²) >= 11 is 0. The molecule has 0 saturated heterocycles. The fourth-order valence-corrected chi connectivity index (χ4v) is 1.71. The van der Waals surface area contributed by atoms with Gasteiger partial charge in [0.05, 0.1) is 0 Å². The molecular weight excluding hydrogens is 218 g/mol. The van der Waals surface area contributed by atoms with E-state index < -0.39 is 5.97 Å². The van der Waals surface area contributed by atoms with Crippen LogP contribution in [0.2, 0.25) is 0 Å². The van der Waals surface area contributed by atoms with E-state index in [4.69, 9.17) is 5.11 Å². The van der Waals surface area contributed by atoms with Crippen LogP contribution in [0.3, 0.4) is 0 Å². The van der Waals surface area contributed by atoms with E-state index in [9.17, 15) is 9.59 Å². The van der Waals surface area contributed by atoms with Crippen molar-refractivity contribution in [2.24, 2.45) is 5.92 Å². The van der Waals surface area contributed by atoms with Crippen molar-refractivity contribution in [3.05, 3.63) is 11.1 Å². The second kappa shape index (κ2) is 5.84. The van der Waals surface area contributed by atoms with Crippen LogP contribution in [-0.2, 0) is 9.59 Å². The summed E-state index contributed by atoms with van der Waals surface area (Å²) in [5, 5.41) is 11.7. The van der Waals surface area contributed by atoms with Crippen molar-refractivity contribution >= 4 is 11.9 Å². The van der Waals surface area contributed by atoms with E-state index >= 15 is 0 Å². The highest BCUT2D eigenvalue weighted by molar-refractivity contribution is 6.01. The van der Waals surface area contributed by atoms with Gasteiger partial charge in [0.15, 0.2) is 0 Å². The number of carboxylic acid groups (broad SMARTS) is 1. The zero-order valence-corrected chi connectivity index (χ0v) is 10.7. The summed E-state index contributed by atoms with van der Waals surface area (Å²) in [6.45, 7) is 5.05. The summed E-state index contributed by atoms with van der Waals surface area (Å²) in [4.78, 5) is 22.6. The van der Waals surface area contributed by atoms with E-state index in [2.05, 4.69) is 5.32 Å². The van der Waals surface area contributed by atoms with E-state index in [0.29, 0.717) is 5.57 Å². The van der Waals surface area contributed by atoms with Crippen LogP contribution in [0.15, 0.2) is 11.1 Å². The van der Waals surface area contributed by atoms with Crippen LogP contribution in [0, 0.1) is 5.92 Å². The molecule has 1 rings (SSSR count). The van der Waals surface area contributed by atoms with Gasteiger partial charge >= 0.3 is 5.97 Å². The molecule has 0 heterocycles. The minimum Gasteiger partial charge on any atom is -0.478 e. The molecule has 1 fully saturated rings. The summed E-state index contributed by atoms with van der Waals surface area (Å²) in [6, 6.07) is 0.173. The molecule has 1 saturated carbocycles. The van der Waals surface area contributed by atoms with Crippen molar-refractivity contribution in [2.75, 3.05) is 0 Å². The van der Waals surface area contributed by atoms with Gasteiger partial charge in [-0.05, 0) is 32.6 Å². The number of carboxylic acids is 1. The molecule has 4 nitrogen and oxygen atoms in total. The number of rotatable bonds is 6. The first kappa shape index (κ1) is 13.7. The van der Waals surface area contributed by atoms with Crippen molar-refractivity contribution in [3.8, 4) is 0 Å². The molecule has 1 aliphatic rings. The third-order valence-corrected chi connectivity index (χ3v) is 3.37. The predicted octanol–water partition coefficient (Wildman–Crippen LogP) is 2.10. The lowest BCUT2D eigenvalue weighted by atomic mass is 10.1. The zero-order valence-electron chi connectivity index (χ0n) is 10.7. The highest BCUT2D eigenvalue weighted by Gasteiger charge is 2.26. The molecular formula is C13H21NO3. The number of nitrogens with one attached hydrogen (secondary N) is 1. The van der Waals surface area contributed by atoms with Gasteiger partial charge in [0.25, 0.3) is 0 Å². The minimum absolute atomic E-state index is 0.115. The van der Waals surface area contributed by atoms with Gasteiger partial charge in [-0.3, -0.25) is 4.79 Å². The number of carbonyl (C=O) groups is 2. The van der Waals surface area contributed by atoms with Gasteiger partial charge in [0.1, 0.15) is 0 Å². The Morgan fingerprint density at radius 1 is 1.29 bits per heavy atom. The molecule has 0 spiro atoms. The molecule has 0 aromatic rings. The third kappa shape index (κ3) is 4.21. The highest BCUT2D eigenvalue weighted by atomic mass is 16.4. The predicted molar refractivity (Wildman–Crippen MR) is 65.6 cm³/mol. The summed E-state index contributed by atoms with van der Waals surface area (Å²) in [5.41, 5.74) is 0.413. The average Bonchev–Trinajstić information content (AvgIpc) is 3.09. The first-order chi connectivity index (χ1) is 7.95. The van der Waals surface area contributed by atoms with Crippen LogP contribution in [0.5, 0.6) is 0 Å². The summed E-state index contributed by atoms with van der Waals surface area (Å²) < 4.78 is 0. The lowest BCUT2D eigenvalue weighted by Gasteiger charge is -2.17. The average molecular weight is 239 g/mol. The molecule has 96 valence electrons. The van der Waals surface area contributed by atoms with Gasteiger partial charge in [-0.15, -0.1) is 0 Å².